The molecule has 0 fully saturated rings. The normalized spacial score (nSPS) is 10.1. The minimum absolute atomic E-state index is 0.758. The molecule has 0 aliphatic rings. The monoisotopic (exact) mass is 213 g/mol. The van der Waals surface area contributed by atoms with Gasteiger partial charge in [0.25, 0.3) is 0 Å². The summed E-state index contributed by atoms with van der Waals surface area (Å²) in [7, 11) is 1.87. The topological polar surface area (TPSA) is 64.1 Å². The molecule has 0 atom stereocenters. The molecule has 0 spiro atoms. The first-order valence-corrected chi connectivity index (χ1v) is 5.14. The molecule has 82 valence electrons. The third kappa shape index (κ3) is 1.93. The predicted molar refractivity (Wildman–Crippen MR) is 70.2 cm³/mol. The Bertz CT molecular complexity index is 489. The Morgan fingerprint density at radius 3 is 2.19 bits per heavy atom. The van der Waals surface area contributed by atoms with Crippen molar-refractivity contribution in [1.82, 2.24) is 0 Å². The van der Waals surface area contributed by atoms with Crippen LogP contribution in [0.15, 0.2) is 42.5 Å². The largest absolute Gasteiger partial charge is 0.399 e. The first kappa shape index (κ1) is 10.4. The van der Waals surface area contributed by atoms with Crippen molar-refractivity contribution >= 4 is 17.1 Å². The van der Waals surface area contributed by atoms with Crippen LogP contribution < -0.4 is 16.8 Å². The van der Waals surface area contributed by atoms with Gasteiger partial charge >= 0.3 is 0 Å². The summed E-state index contributed by atoms with van der Waals surface area (Å²) in [6.45, 7) is 0. The standard InChI is InChI=1S/C13H15N3/c1-16-11-6-7-12(13(15)8-11)9-2-4-10(14)5-3-9/h2-8,16H,14-15H2,1H3. The maximum Gasteiger partial charge on any atom is 0.0414 e. The van der Waals surface area contributed by atoms with Gasteiger partial charge in [-0.15, -0.1) is 0 Å². The van der Waals surface area contributed by atoms with Crippen molar-refractivity contribution in [3.63, 3.8) is 0 Å². The molecule has 0 heterocycles. The summed E-state index contributed by atoms with van der Waals surface area (Å²) in [5.41, 5.74) is 16.3. The maximum atomic E-state index is 6.00. The van der Waals surface area contributed by atoms with Gasteiger partial charge in [0.2, 0.25) is 0 Å². The fourth-order valence-corrected chi connectivity index (χ4v) is 1.64. The Labute approximate surface area is 95.1 Å². The Balaban J connectivity index is 2.44. The quantitative estimate of drug-likeness (QED) is 0.672. The molecule has 3 nitrogen and oxygen atoms in total. The Morgan fingerprint density at radius 1 is 0.938 bits per heavy atom. The van der Waals surface area contributed by atoms with E-state index in [1.807, 2.05) is 49.5 Å². The van der Waals surface area contributed by atoms with Crippen LogP contribution in [0.3, 0.4) is 0 Å². The molecule has 0 radical (unpaired) electrons. The second-order valence-corrected chi connectivity index (χ2v) is 3.67. The average molecular weight is 213 g/mol. The van der Waals surface area contributed by atoms with Gasteiger partial charge in [-0.3, -0.25) is 0 Å². The number of nitrogen functional groups attached to an aromatic ring is 2. The number of anilines is 3. The molecular formula is C13H15N3. The Morgan fingerprint density at radius 2 is 1.62 bits per heavy atom. The van der Waals surface area contributed by atoms with Crippen molar-refractivity contribution in [3.05, 3.63) is 42.5 Å². The fourth-order valence-electron chi connectivity index (χ4n) is 1.64. The van der Waals surface area contributed by atoms with Gasteiger partial charge < -0.3 is 16.8 Å². The van der Waals surface area contributed by atoms with Gasteiger partial charge in [-0.2, -0.15) is 0 Å². The van der Waals surface area contributed by atoms with Gasteiger partial charge in [-0.05, 0) is 29.8 Å². The Hall–Kier alpha value is -2.16. The van der Waals surface area contributed by atoms with Crippen LogP contribution in [0, 0.1) is 0 Å². The number of nitrogens with two attached hydrogens (primary N) is 2. The first-order chi connectivity index (χ1) is 7.70. The van der Waals surface area contributed by atoms with Crippen LogP contribution in [0.2, 0.25) is 0 Å². The number of rotatable bonds is 2. The maximum absolute atomic E-state index is 6.00. The van der Waals surface area contributed by atoms with Gasteiger partial charge in [0.15, 0.2) is 0 Å². The molecule has 3 heteroatoms. The van der Waals surface area contributed by atoms with Crippen molar-refractivity contribution in [2.24, 2.45) is 0 Å². The molecule has 0 saturated heterocycles. The first-order valence-electron chi connectivity index (χ1n) is 5.14. The van der Waals surface area contributed by atoms with Gasteiger partial charge in [-0.1, -0.05) is 18.2 Å². The van der Waals surface area contributed by atoms with Gasteiger partial charge in [0, 0.05) is 29.7 Å². The highest BCUT2D eigenvalue weighted by molar-refractivity contribution is 5.79. The van der Waals surface area contributed by atoms with E-state index in [0.717, 1.165) is 28.2 Å². The molecular weight excluding hydrogens is 198 g/mol. The van der Waals surface area contributed by atoms with Gasteiger partial charge in [0.1, 0.15) is 0 Å². The third-order valence-corrected chi connectivity index (χ3v) is 2.56. The molecule has 16 heavy (non-hydrogen) atoms. The molecule has 0 aliphatic carbocycles. The lowest BCUT2D eigenvalue weighted by Crippen LogP contribution is -1.94. The molecule has 2 rings (SSSR count). The van der Waals surface area contributed by atoms with Crippen LogP contribution in [-0.4, -0.2) is 7.05 Å². The highest BCUT2D eigenvalue weighted by Crippen LogP contribution is 2.28. The van der Waals surface area contributed by atoms with Gasteiger partial charge in [-0.25, -0.2) is 0 Å². The van der Waals surface area contributed by atoms with Crippen LogP contribution in [0.1, 0.15) is 0 Å². The predicted octanol–water partition coefficient (Wildman–Crippen LogP) is 2.56. The van der Waals surface area contributed by atoms with Crippen molar-refractivity contribution < 1.29 is 0 Å². The molecule has 0 aliphatic heterocycles. The van der Waals surface area contributed by atoms with Crippen LogP contribution >= 0.6 is 0 Å². The minimum Gasteiger partial charge on any atom is -0.399 e. The van der Waals surface area contributed by atoms with E-state index in [4.69, 9.17) is 11.5 Å². The fraction of sp³-hybridized carbons (Fsp3) is 0.0769. The highest BCUT2D eigenvalue weighted by Gasteiger charge is 2.02. The lowest BCUT2D eigenvalue weighted by molar-refractivity contribution is 1.51. The summed E-state index contributed by atoms with van der Waals surface area (Å²) >= 11 is 0. The molecule has 0 aromatic heterocycles. The zero-order chi connectivity index (χ0) is 11.5. The van der Waals surface area contributed by atoms with E-state index in [1.54, 1.807) is 0 Å². The summed E-state index contributed by atoms with van der Waals surface area (Å²) in [5.74, 6) is 0. The molecule has 0 bridgehead atoms. The molecule has 2 aromatic carbocycles. The molecule has 0 amide bonds. The minimum atomic E-state index is 0.758. The average Bonchev–Trinajstić information content (AvgIpc) is 2.30. The number of nitrogens with one attached hydrogen (secondary N) is 1. The summed E-state index contributed by atoms with van der Waals surface area (Å²) in [4.78, 5) is 0. The van der Waals surface area contributed by atoms with E-state index in [-0.39, 0.29) is 0 Å². The van der Waals surface area contributed by atoms with Crippen LogP contribution in [0.4, 0.5) is 17.1 Å². The summed E-state index contributed by atoms with van der Waals surface area (Å²) in [6.07, 6.45) is 0. The van der Waals surface area contributed by atoms with Crippen molar-refractivity contribution in [1.29, 1.82) is 0 Å². The van der Waals surface area contributed by atoms with Crippen LogP contribution in [-0.2, 0) is 0 Å². The smallest absolute Gasteiger partial charge is 0.0414 e. The van der Waals surface area contributed by atoms with Crippen molar-refractivity contribution in [2.75, 3.05) is 23.8 Å². The third-order valence-electron chi connectivity index (χ3n) is 2.56. The van der Waals surface area contributed by atoms with Crippen LogP contribution in [0.5, 0.6) is 0 Å². The SMILES string of the molecule is CNc1ccc(-c2ccc(N)cc2)c(N)c1. The zero-order valence-corrected chi connectivity index (χ0v) is 9.20. The Kier molecular flexibility index (Phi) is 2.68. The second kappa shape index (κ2) is 4.14. The molecule has 5 N–H and O–H groups in total. The van der Waals surface area contributed by atoms with Crippen LogP contribution in [0.25, 0.3) is 11.1 Å². The highest BCUT2D eigenvalue weighted by atomic mass is 14.8. The van der Waals surface area contributed by atoms with Gasteiger partial charge in [0.05, 0.1) is 0 Å². The molecule has 0 saturated carbocycles. The van der Waals surface area contributed by atoms with E-state index in [0.29, 0.717) is 0 Å². The number of hydrogen-bond donors (Lipinski definition) is 3. The van der Waals surface area contributed by atoms with E-state index in [9.17, 15) is 0 Å². The van der Waals surface area contributed by atoms with E-state index >= 15 is 0 Å². The second-order valence-electron chi connectivity index (χ2n) is 3.67. The zero-order valence-electron chi connectivity index (χ0n) is 9.20. The van der Waals surface area contributed by atoms with Crippen molar-refractivity contribution in [3.8, 4) is 11.1 Å². The van der Waals surface area contributed by atoms with E-state index < -0.39 is 0 Å². The summed E-state index contributed by atoms with van der Waals surface area (Å²) < 4.78 is 0. The van der Waals surface area contributed by atoms with E-state index in [1.165, 1.54) is 0 Å². The van der Waals surface area contributed by atoms with Crippen molar-refractivity contribution in [2.45, 2.75) is 0 Å². The lowest BCUT2D eigenvalue weighted by Gasteiger charge is -2.08. The number of hydrogen-bond acceptors (Lipinski definition) is 3. The molecule has 0 unspecified atom stereocenters. The van der Waals surface area contributed by atoms with E-state index in [2.05, 4.69) is 5.32 Å². The number of benzene rings is 2. The summed E-state index contributed by atoms with van der Waals surface area (Å²) in [5, 5.41) is 3.06. The summed E-state index contributed by atoms with van der Waals surface area (Å²) in [6, 6.07) is 13.6. The lowest BCUT2D eigenvalue weighted by atomic mass is 10.0. The molecule has 2 aromatic rings.